The van der Waals surface area contributed by atoms with Gasteiger partial charge in [-0.05, 0) is 37.7 Å². The SMILES string of the molecule is CC(C)C[C@H](NCc1ccc[nH]c1=O)C(=O)N[C@H](C#N)C[C@@H]1CCCNC1=O. The second kappa shape index (κ2) is 10.6. The van der Waals surface area contributed by atoms with Crippen molar-refractivity contribution in [1.29, 1.82) is 5.26 Å². The molecule has 0 aliphatic carbocycles. The number of nitriles is 1. The van der Waals surface area contributed by atoms with Crippen molar-refractivity contribution in [3.05, 3.63) is 34.2 Å². The van der Waals surface area contributed by atoms with E-state index in [1.54, 1.807) is 18.3 Å². The van der Waals surface area contributed by atoms with Gasteiger partial charge in [0.1, 0.15) is 6.04 Å². The molecule has 2 heterocycles. The van der Waals surface area contributed by atoms with Gasteiger partial charge in [-0.1, -0.05) is 19.9 Å². The van der Waals surface area contributed by atoms with Crippen LogP contribution in [0.4, 0.5) is 0 Å². The molecule has 1 aliphatic rings. The van der Waals surface area contributed by atoms with Crippen LogP contribution in [0.1, 0.15) is 45.1 Å². The highest BCUT2D eigenvalue weighted by molar-refractivity contribution is 5.83. The molecule has 0 unspecified atom stereocenters. The van der Waals surface area contributed by atoms with Gasteiger partial charge in [0.05, 0.1) is 12.1 Å². The molecule has 152 valence electrons. The average Bonchev–Trinajstić information content (AvgIpc) is 2.67. The minimum Gasteiger partial charge on any atom is -0.356 e. The lowest BCUT2D eigenvalue weighted by molar-refractivity contribution is -0.128. The maximum Gasteiger partial charge on any atom is 0.252 e. The van der Waals surface area contributed by atoms with Crippen LogP contribution in [0.2, 0.25) is 0 Å². The summed E-state index contributed by atoms with van der Waals surface area (Å²) in [7, 11) is 0. The van der Waals surface area contributed by atoms with E-state index in [9.17, 15) is 19.6 Å². The van der Waals surface area contributed by atoms with Gasteiger partial charge in [-0.3, -0.25) is 14.4 Å². The fourth-order valence-corrected chi connectivity index (χ4v) is 3.34. The van der Waals surface area contributed by atoms with Crippen LogP contribution in [0.15, 0.2) is 23.1 Å². The Labute approximate surface area is 165 Å². The third kappa shape index (κ3) is 6.50. The molecule has 2 rings (SSSR count). The monoisotopic (exact) mass is 387 g/mol. The first-order valence-electron chi connectivity index (χ1n) is 9.78. The highest BCUT2D eigenvalue weighted by atomic mass is 16.2. The third-order valence-corrected chi connectivity index (χ3v) is 4.85. The van der Waals surface area contributed by atoms with E-state index >= 15 is 0 Å². The highest BCUT2D eigenvalue weighted by Crippen LogP contribution is 2.17. The molecule has 0 spiro atoms. The van der Waals surface area contributed by atoms with Crippen molar-refractivity contribution >= 4 is 11.8 Å². The van der Waals surface area contributed by atoms with Crippen molar-refractivity contribution < 1.29 is 9.59 Å². The van der Waals surface area contributed by atoms with Gasteiger partial charge < -0.3 is 20.9 Å². The molecule has 1 aromatic rings. The number of rotatable bonds is 9. The van der Waals surface area contributed by atoms with Crippen LogP contribution in [0, 0.1) is 23.2 Å². The minimum absolute atomic E-state index is 0.0547. The summed E-state index contributed by atoms with van der Waals surface area (Å²) in [5.74, 6) is -0.343. The van der Waals surface area contributed by atoms with E-state index in [2.05, 4.69) is 27.0 Å². The van der Waals surface area contributed by atoms with Gasteiger partial charge in [0, 0.05) is 30.8 Å². The van der Waals surface area contributed by atoms with E-state index in [0.717, 1.165) is 12.8 Å². The first-order valence-corrected chi connectivity index (χ1v) is 9.78. The van der Waals surface area contributed by atoms with Crippen LogP contribution >= 0.6 is 0 Å². The molecule has 1 fully saturated rings. The summed E-state index contributed by atoms with van der Waals surface area (Å²) < 4.78 is 0. The summed E-state index contributed by atoms with van der Waals surface area (Å²) in [4.78, 5) is 39.1. The number of hydrogen-bond donors (Lipinski definition) is 4. The summed E-state index contributed by atoms with van der Waals surface area (Å²) in [5.41, 5.74) is 0.344. The van der Waals surface area contributed by atoms with Gasteiger partial charge in [-0.2, -0.15) is 5.26 Å². The zero-order valence-corrected chi connectivity index (χ0v) is 16.5. The molecule has 0 aromatic carbocycles. The zero-order chi connectivity index (χ0) is 20.5. The van der Waals surface area contributed by atoms with Crippen molar-refractivity contribution in [1.82, 2.24) is 20.9 Å². The Kier molecular flexibility index (Phi) is 8.20. The summed E-state index contributed by atoms with van der Waals surface area (Å²) in [5, 5.41) is 18.1. The van der Waals surface area contributed by atoms with Crippen LogP contribution in [0.5, 0.6) is 0 Å². The number of pyridine rings is 1. The molecule has 0 bridgehead atoms. The predicted octanol–water partition coefficient (Wildman–Crippen LogP) is 0.804. The molecule has 3 atom stereocenters. The molecule has 0 saturated carbocycles. The second-order valence-electron chi connectivity index (χ2n) is 7.64. The molecular weight excluding hydrogens is 358 g/mol. The number of piperidine rings is 1. The lowest BCUT2D eigenvalue weighted by atomic mass is 9.91. The lowest BCUT2D eigenvalue weighted by Crippen LogP contribution is -2.49. The van der Waals surface area contributed by atoms with Crippen molar-refractivity contribution in [3.63, 3.8) is 0 Å². The molecule has 1 aromatic heterocycles. The van der Waals surface area contributed by atoms with E-state index in [0.29, 0.717) is 24.9 Å². The number of hydrogen-bond acceptors (Lipinski definition) is 5. The van der Waals surface area contributed by atoms with Crippen LogP contribution in [0.25, 0.3) is 0 Å². The Morgan fingerprint density at radius 1 is 1.39 bits per heavy atom. The quantitative estimate of drug-likeness (QED) is 0.499. The fourth-order valence-electron chi connectivity index (χ4n) is 3.34. The molecule has 28 heavy (non-hydrogen) atoms. The van der Waals surface area contributed by atoms with Crippen LogP contribution < -0.4 is 21.5 Å². The number of aromatic amines is 1. The summed E-state index contributed by atoms with van der Waals surface area (Å²) in [6.45, 7) is 4.93. The van der Waals surface area contributed by atoms with Gasteiger partial charge in [-0.25, -0.2) is 0 Å². The summed E-state index contributed by atoms with van der Waals surface area (Å²) >= 11 is 0. The molecule has 0 radical (unpaired) electrons. The number of nitrogens with zero attached hydrogens (tertiary/aromatic N) is 1. The first kappa shape index (κ1) is 21.6. The van der Waals surface area contributed by atoms with Crippen LogP contribution in [-0.4, -0.2) is 35.4 Å². The van der Waals surface area contributed by atoms with Crippen molar-refractivity contribution in [2.75, 3.05) is 6.54 Å². The molecule has 1 aliphatic heterocycles. The largest absolute Gasteiger partial charge is 0.356 e. The normalized spacial score (nSPS) is 18.8. The number of carbonyl (C=O) groups excluding carboxylic acids is 2. The maximum absolute atomic E-state index is 12.8. The molecular formula is C20H29N5O3. The highest BCUT2D eigenvalue weighted by Gasteiger charge is 2.28. The third-order valence-electron chi connectivity index (χ3n) is 4.85. The van der Waals surface area contributed by atoms with E-state index < -0.39 is 12.1 Å². The Bertz CT molecular complexity index is 768. The minimum atomic E-state index is -0.724. The zero-order valence-electron chi connectivity index (χ0n) is 16.5. The predicted molar refractivity (Wildman–Crippen MR) is 105 cm³/mol. The number of aromatic nitrogens is 1. The van der Waals surface area contributed by atoms with Crippen molar-refractivity contribution in [2.24, 2.45) is 11.8 Å². The van der Waals surface area contributed by atoms with Gasteiger partial charge in [0.25, 0.3) is 5.56 Å². The summed E-state index contributed by atoms with van der Waals surface area (Å²) in [6, 6.07) is 4.28. The topological polar surface area (TPSA) is 127 Å². The van der Waals surface area contributed by atoms with E-state index in [4.69, 9.17) is 0 Å². The second-order valence-corrected chi connectivity index (χ2v) is 7.64. The van der Waals surface area contributed by atoms with Crippen LogP contribution in [0.3, 0.4) is 0 Å². The Morgan fingerprint density at radius 2 is 2.18 bits per heavy atom. The summed E-state index contributed by atoms with van der Waals surface area (Å²) in [6.07, 6.45) is 4.04. The number of carbonyl (C=O) groups is 2. The molecule has 4 N–H and O–H groups in total. The van der Waals surface area contributed by atoms with E-state index in [1.807, 2.05) is 13.8 Å². The average molecular weight is 387 g/mol. The van der Waals surface area contributed by atoms with Gasteiger partial charge in [-0.15, -0.1) is 0 Å². The Balaban J connectivity index is 1.98. The van der Waals surface area contributed by atoms with Gasteiger partial charge in [0.2, 0.25) is 11.8 Å². The molecule has 8 nitrogen and oxygen atoms in total. The smallest absolute Gasteiger partial charge is 0.252 e. The van der Waals surface area contributed by atoms with Crippen molar-refractivity contribution in [2.45, 2.75) is 58.2 Å². The van der Waals surface area contributed by atoms with E-state index in [-0.39, 0.29) is 35.8 Å². The number of H-pyrrole nitrogens is 1. The van der Waals surface area contributed by atoms with Crippen molar-refractivity contribution in [3.8, 4) is 6.07 Å². The maximum atomic E-state index is 12.8. The number of nitrogens with one attached hydrogen (secondary N) is 4. The lowest BCUT2D eigenvalue weighted by Gasteiger charge is -2.25. The Morgan fingerprint density at radius 3 is 2.82 bits per heavy atom. The van der Waals surface area contributed by atoms with Gasteiger partial charge in [0.15, 0.2) is 0 Å². The Hall–Kier alpha value is -2.66. The molecule has 8 heteroatoms. The first-order chi connectivity index (χ1) is 13.4. The van der Waals surface area contributed by atoms with E-state index in [1.165, 1.54) is 0 Å². The molecule has 2 amide bonds. The van der Waals surface area contributed by atoms with Crippen LogP contribution in [-0.2, 0) is 16.1 Å². The number of amides is 2. The fraction of sp³-hybridized carbons (Fsp3) is 0.600. The molecule has 1 saturated heterocycles. The van der Waals surface area contributed by atoms with Gasteiger partial charge >= 0.3 is 0 Å². The standard InChI is InChI=1S/C20H29N5O3/c1-13(2)9-17(24-12-15-6-4-8-23-19(15)27)20(28)25-16(11-21)10-14-5-3-7-22-18(14)26/h4,6,8,13-14,16-17,24H,3,5,7,9-10,12H2,1-2H3,(H,22,26)(H,23,27)(H,25,28)/t14-,16-,17-/m0/s1.